The van der Waals surface area contributed by atoms with Gasteiger partial charge in [0.15, 0.2) is 5.88 Å². The molecule has 1 heterocycles. The molecule has 5 aromatic rings. The maximum atomic E-state index is 11.0. The molecule has 0 radical (unpaired) electrons. The van der Waals surface area contributed by atoms with Crippen molar-refractivity contribution in [1.29, 1.82) is 0 Å². The van der Waals surface area contributed by atoms with E-state index in [1.54, 1.807) is 0 Å². The van der Waals surface area contributed by atoms with Crippen molar-refractivity contribution in [2.45, 2.75) is 31.7 Å². The first-order chi connectivity index (χ1) is 19.2. The molecule has 1 atom stereocenters. The average molecular weight is 597 g/mol. The number of hydrogen-bond acceptors (Lipinski definition) is 4. The highest BCUT2D eigenvalue weighted by Crippen LogP contribution is 2.33. The Hall–Kier alpha value is -4.20. The molecule has 0 aliphatic rings. The average Bonchev–Trinajstić information content (AvgIpc) is 3.26. The Morgan fingerprint density at radius 1 is 0.950 bits per heavy atom. The highest BCUT2D eigenvalue weighted by Gasteiger charge is 2.22. The lowest BCUT2D eigenvalue weighted by molar-refractivity contribution is -0.136. The molecular formula is C33H30BrN3O3. The van der Waals surface area contributed by atoms with Gasteiger partial charge in [-0.1, -0.05) is 88.7 Å². The molecule has 0 saturated carbocycles. The van der Waals surface area contributed by atoms with E-state index in [1.165, 1.54) is 5.56 Å². The number of aliphatic imine (C=N–C) groups is 1. The van der Waals surface area contributed by atoms with Gasteiger partial charge in [-0.3, -0.25) is 4.79 Å². The molecule has 0 fully saturated rings. The Kier molecular flexibility index (Phi) is 7.87. The highest BCUT2D eigenvalue weighted by molar-refractivity contribution is 9.10. The van der Waals surface area contributed by atoms with E-state index in [0.29, 0.717) is 24.1 Å². The fourth-order valence-electron chi connectivity index (χ4n) is 4.91. The van der Waals surface area contributed by atoms with Crippen LogP contribution in [0.15, 0.2) is 107 Å². The third-order valence-electron chi connectivity index (χ3n) is 7.01. The van der Waals surface area contributed by atoms with Gasteiger partial charge in [-0.2, -0.15) is 0 Å². The summed E-state index contributed by atoms with van der Waals surface area (Å²) in [6.07, 6.45) is 1.21. The number of aromatic amines is 1. The van der Waals surface area contributed by atoms with Crippen LogP contribution in [-0.4, -0.2) is 26.9 Å². The number of rotatable bonds is 9. The zero-order valence-corrected chi connectivity index (χ0v) is 23.7. The second kappa shape index (κ2) is 11.5. The largest absolute Gasteiger partial charge is 0.494 e. The van der Waals surface area contributed by atoms with Crippen molar-refractivity contribution in [3.63, 3.8) is 0 Å². The van der Waals surface area contributed by atoms with Crippen molar-refractivity contribution in [3.05, 3.63) is 129 Å². The number of nitrogens with two attached hydrogens (primary N) is 1. The van der Waals surface area contributed by atoms with E-state index in [0.717, 1.165) is 37.8 Å². The summed E-state index contributed by atoms with van der Waals surface area (Å²) in [6, 6.07) is 31.5. The van der Waals surface area contributed by atoms with Gasteiger partial charge in [0.05, 0.1) is 22.5 Å². The number of fused-ring (bicyclic) bond motifs is 1. The topological polar surface area (TPSA) is 112 Å². The molecule has 40 heavy (non-hydrogen) atoms. The van der Waals surface area contributed by atoms with Crippen molar-refractivity contribution in [3.8, 4) is 5.88 Å². The summed E-state index contributed by atoms with van der Waals surface area (Å²) >= 11 is 3.49. The molecule has 6 nitrogen and oxygen atoms in total. The summed E-state index contributed by atoms with van der Waals surface area (Å²) in [7, 11) is 0. The zero-order valence-electron chi connectivity index (χ0n) is 22.1. The van der Waals surface area contributed by atoms with Crippen molar-refractivity contribution < 1.29 is 15.0 Å². The molecule has 1 aromatic heterocycles. The summed E-state index contributed by atoms with van der Waals surface area (Å²) in [6.45, 7) is 2.03. The zero-order chi connectivity index (χ0) is 28.3. The summed E-state index contributed by atoms with van der Waals surface area (Å²) in [5, 5.41) is 20.9. The standard InChI is InChI=1S/C33H30BrN3O3/c1-33(35,20-22-5-3-2-4-6-22)24-12-15-26(16-13-24)36-31(23-10-7-21(8-11-23)9-18-29(38)39)30-27-17-14-25(34)19-28(27)37-32(30)40/h2-8,10-17,19,37,40H,9,18,20,35H2,1H3,(H,38,39). The molecule has 0 amide bonds. The van der Waals surface area contributed by atoms with Crippen LogP contribution in [0.1, 0.15) is 41.2 Å². The number of H-pyrrole nitrogens is 1. The number of benzene rings is 4. The SMILES string of the molecule is CC(N)(Cc1ccccc1)c1ccc(N=C(c2ccc(CCC(=O)O)cc2)c2c(O)[nH]c3cc(Br)ccc23)cc1. The lowest BCUT2D eigenvalue weighted by Crippen LogP contribution is -2.35. The van der Waals surface area contributed by atoms with Gasteiger partial charge in [-0.25, -0.2) is 4.99 Å². The molecule has 1 unspecified atom stereocenters. The van der Waals surface area contributed by atoms with Crippen molar-refractivity contribution in [2.75, 3.05) is 0 Å². The van der Waals surface area contributed by atoms with E-state index < -0.39 is 11.5 Å². The normalized spacial score (nSPS) is 13.3. The van der Waals surface area contributed by atoms with Crippen molar-refractivity contribution >= 4 is 44.2 Å². The van der Waals surface area contributed by atoms with E-state index in [-0.39, 0.29) is 12.3 Å². The maximum absolute atomic E-state index is 11.0. The second-order valence-corrected chi connectivity index (χ2v) is 11.1. The molecule has 0 saturated heterocycles. The lowest BCUT2D eigenvalue weighted by Gasteiger charge is -2.25. The number of carbonyl (C=O) groups is 1. The first-order valence-electron chi connectivity index (χ1n) is 13.0. The van der Waals surface area contributed by atoms with Crippen LogP contribution in [0.5, 0.6) is 5.88 Å². The number of hydrogen-bond donors (Lipinski definition) is 4. The molecule has 5 rings (SSSR count). The van der Waals surface area contributed by atoms with E-state index in [2.05, 4.69) is 33.0 Å². The minimum atomic E-state index is -0.831. The number of carboxylic acids is 1. The molecule has 202 valence electrons. The van der Waals surface area contributed by atoms with E-state index in [1.807, 2.05) is 91.9 Å². The highest BCUT2D eigenvalue weighted by atomic mass is 79.9. The Morgan fingerprint density at radius 2 is 1.65 bits per heavy atom. The van der Waals surface area contributed by atoms with Gasteiger partial charge < -0.3 is 20.9 Å². The van der Waals surface area contributed by atoms with E-state index in [4.69, 9.17) is 15.8 Å². The van der Waals surface area contributed by atoms with Crippen LogP contribution in [0.2, 0.25) is 0 Å². The molecule has 0 spiro atoms. The van der Waals surface area contributed by atoms with Crippen molar-refractivity contribution in [1.82, 2.24) is 4.98 Å². The summed E-state index contributed by atoms with van der Waals surface area (Å²) in [5.74, 6) is -0.808. The number of carboxylic acid groups (broad SMARTS) is 1. The number of aromatic hydroxyl groups is 1. The van der Waals surface area contributed by atoms with Gasteiger partial charge >= 0.3 is 5.97 Å². The van der Waals surface area contributed by atoms with Crippen LogP contribution in [0.4, 0.5) is 5.69 Å². The van der Waals surface area contributed by atoms with Gasteiger partial charge in [0.1, 0.15) is 0 Å². The molecule has 5 N–H and O–H groups in total. The third kappa shape index (κ3) is 6.17. The number of halogens is 1. The Labute approximate surface area is 241 Å². The first kappa shape index (κ1) is 27.4. The fourth-order valence-corrected chi connectivity index (χ4v) is 5.27. The van der Waals surface area contributed by atoms with Gasteiger partial charge in [0, 0.05) is 27.4 Å². The second-order valence-electron chi connectivity index (χ2n) is 10.2. The third-order valence-corrected chi connectivity index (χ3v) is 7.51. The van der Waals surface area contributed by atoms with Gasteiger partial charge in [-0.05, 0) is 60.7 Å². The van der Waals surface area contributed by atoms with Crippen LogP contribution in [-0.2, 0) is 23.2 Å². The Bertz CT molecular complexity index is 1670. The molecule has 4 aromatic carbocycles. The number of aromatic nitrogens is 1. The van der Waals surface area contributed by atoms with Crippen LogP contribution in [0, 0.1) is 0 Å². The van der Waals surface area contributed by atoms with Crippen LogP contribution < -0.4 is 5.73 Å². The predicted molar refractivity (Wildman–Crippen MR) is 163 cm³/mol. The number of nitrogens with zero attached hydrogens (tertiary/aromatic N) is 1. The van der Waals surface area contributed by atoms with Crippen LogP contribution >= 0.6 is 15.9 Å². The predicted octanol–water partition coefficient (Wildman–Crippen LogP) is 7.24. The monoisotopic (exact) mass is 595 g/mol. The first-order valence-corrected chi connectivity index (χ1v) is 13.8. The molecular weight excluding hydrogens is 566 g/mol. The summed E-state index contributed by atoms with van der Waals surface area (Å²) in [5.41, 5.74) is 12.8. The van der Waals surface area contributed by atoms with Gasteiger partial charge in [-0.15, -0.1) is 0 Å². The van der Waals surface area contributed by atoms with Gasteiger partial charge in [0.25, 0.3) is 0 Å². The Balaban J connectivity index is 1.54. The Morgan fingerprint density at radius 3 is 2.33 bits per heavy atom. The lowest BCUT2D eigenvalue weighted by atomic mass is 9.86. The minimum absolute atomic E-state index is 0.0239. The smallest absolute Gasteiger partial charge is 0.303 e. The quantitative estimate of drug-likeness (QED) is 0.134. The van der Waals surface area contributed by atoms with E-state index in [9.17, 15) is 9.90 Å². The maximum Gasteiger partial charge on any atom is 0.303 e. The van der Waals surface area contributed by atoms with Crippen LogP contribution in [0.3, 0.4) is 0 Å². The number of aliphatic carboxylic acids is 1. The number of aryl methyl sites for hydroxylation is 1. The minimum Gasteiger partial charge on any atom is -0.494 e. The van der Waals surface area contributed by atoms with Gasteiger partial charge in [0.2, 0.25) is 0 Å². The molecule has 0 bridgehead atoms. The molecule has 7 heteroatoms. The van der Waals surface area contributed by atoms with Crippen LogP contribution in [0.25, 0.3) is 10.9 Å². The molecule has 0 aliphatic carbocycles. The van der Waals surface area contributed by atoms with Crippen molar-refractivity contribution in [2.24, 2.45) is 10.7 Å². The summed E-state index contributed by atoms with van der Waals surface area (Å²) in [4.78, 5) is 19.1. The summed E-state index contributed by atoms with van der Waals surface area (Å²) < 4.78 is 0.894. The number of nitrogens with one attached hydrogen (secondary N) is 1. The fraction of sp³-hybridized carbons (Fsp3) is 0.152. The van der Waals surface area contributed by atoms with E-state index >= 15 is 0 Å². The molecule has 0 aliphatic heterocycles.